The van der Waals surface area contributed by atoms with Gasteiger partial charge in [-0.1, -0.05) is 85.0 Å². The number of nitrogens with zero attached hydrogens (tertiary/aromatic N) is 3. The lowest BCUT2D eigenvalue weighted by molar-refractivity contribution is 0.677. The van der Waals surface area contributed by atoms with Crippen LogP contribution in [0.25, 0.3) is 17.2 Å². The van der Waals surface area contributed by atoms with Crippen LogP contribution in [-0.4, -0.2) is 22.4 Å². The molecular weight excluding hydrogens is 550 g/mol. The van der Waals surface area contributed by atoms with Gasteiger partial charge in [0, 0.05) is 35.5 Å². The zero-order valence-electron chi connectivity index (χ0n) is 24.9. The van der Waals surface area contributed by atoms with Crippen molar-refractivity contribution in [2.45, 2.75) is 25.3 Å². The Labute approximate surface area is 263 Å². The zero-order valence-corrected chi connectivity index (χ0v) is 24.9. The number of rotatable bonds is 5. The second-order valence-corrected chi connectivity index (χ2v) is 11.8. The first-order valence-corrected chi connectivity index (χ1v) is 15.6. The molecule has 0 fully saturated rings. The molecule has 0 saturated carbocycles. The molecule has 0 spiro atoms. The molecule has 0 radical (unpaired) electrons. The van der Waals surface area contributed by atoms with Crippen LogP contribution in [0.5, 0.6) is 0 Å². The highest BCUT2D eigenvalue weighted by Gasteiger charge is 2.39. The minimum atomic E-state index is 0.186. The van der Waals surface area contributed by atoms with E-state index in [-0.39, 0.29) is 6.04 Å². The van der Waals surface area contributed by atoms with Crippen molar-refractivity contribution < 1.29 is 0 Å². The third-order valence-corrected chi connectivity index (χ3v) is 9.06. The van der Waals surface area contributed by atoms with Crippen molar-refractivity contribution in [1.82, 2.24) is 4.98 Å². The largest absolute Gasteiger partial charge is 0.337 e. The maximum atomic E-state index is 8.76. The summed E-state index contributed by atoms with van der Waals surface area (Å²) >= 11 is 0. The van der Waals surface area contributed by atoms with Crippen LogP contribution >= 0.6 is 0 Å². The Morgan fingerprint density at radius 1 is 0.867 bits per heavy atom. The highest BCUT2D eigenvalue weighted by atomic mass is 15.3. The van der Waals surface area contributed by atoms with E-state index in [0.29, 0.717) is 17.3 Å². The molecule has 2 heterocycles. The van der Waals surface area contributed by atoms with Gasteiger partial charge in [-0.2, -0.15) is 5.10 Å². The molecule has 2 aromatic carbocycles. The zero-order chi connectivity index (χ0) is 30.2. The van der Waals surface area contributed by atoms with E-state index in [0.717, 1.165) is 52.9 Å². The van der Waals surface area contributed by atoms with Crippen molar-refractivity contribution in [3.63, 3.8) is 0 Å². The normalized spacial score (nSPS) is 22.2. The number of allylic oxidation sites excluding steroid dienone is 11. The van der Waals surface area contributed by atoms with E-state index in [2.05, 4.69) is 130 Å². The SMILES string of the molecule is N=C1C=C(C2=CC3C(C=C2)C2=C(CC=CC=C2)N3c2ccccc2)C=C/C1=N/Nc1ccc(-c2cnc3c(c2)CCC=C3)cc1. The number of hydrazone groups is 1. The van der Waals surface area contributed by atoms with E-state index >= 15 is 0 Å². The number of fused-ring (bicyclic) bond motifs is 3. The highest BCUT2D eigenvalue weighted by molar-refractivity contribution is 6.50. The lowest BCUT2D eigenvalue weighted by Crippen LogP contribution is -2.33. The van der Waals surface area contributed by atoms with E-state index in [1.54, 1.807) is 0 Å². The number of aryl methyl sites for hydroxylation is 1. The number of hydrogen-bond acceptors (Lipinski definition) is 5. The summed E-state index contributed by atoms with van der Waals surface area (Å²) < 4.78 is 0. The van der Waals surface area contributed by atoms with Gasteiger partial charge in [0.1, 0.15) is 5.71 Å². The van der Waals surface area contributed by atoms with Gasteiger partial charge < -0.3 is 4.90 Å². The van der Waals surface area contributed by atoms with Crippen molar-refractivity contribution in [1.29, 1.82) is 5.41 Å². The standard InChI is InChI=1S/C40H33N5/c41-36-24-28(29-17-21-35-34-12-5-2-6-14-39(34)45(40(35)25-29)33-10-3-1-4-11-33)18-22-38(36)44-43-32-19-15-27(16-20-32)31-23-30-9-7-8-13-37(30)42-26-31/h1-6,8,10-13,15-26,35,40-41,43H,7,9,14H2/b41-36?,44-38-. The maximum absolute atomic E-state index is 8.76. The lowest BCUT2D eigenvalue weighted by Gasteiger charge is -2.32. The smallest absolute Gasteiger partial charge is 0.108 e. The molecule has 2 N–H and O–H groups in total. The average molecular weight is 584 g/mol. The molecule has 5 nitrogen and oxygen atoms in total. The number of nitrogens with one attached hydrogen (secondary N) is 2. The van der Waals surface area contributed by atoms with Gasteiger partial charge in [0.05, 0.1) is 23.1 Å². The van der Waals surface area contributed by atoms with Crippen LogP contribution in [0.3, 0.4) is 0 Å². The molecule has 1 aliphatic heterocycles. The Morgan fingerprint density at radius 3 is 2.62 bits per heavy atom. The predicted molar refractivity (Wildman–Crippen MR) is 186 cm³/mol. The van der Waals surface area contributed by atoms with Crippen LogP contribution in [0.1, 0.15) is 24.1 Å². The summed E-state index contributed by atoms with van der Waals surface area (Å²) in [6.07, 6.45) is 30.9. The van der Waals surface area contributed by atoms with Crippen molar-refractivity contribution in [2.75, 3.05) is 10.3 Å². The van der Waals surface area contributed by atoms with Gasteiger partial charge in [-0.05, 0) is 89.2 Å². The second kappa shape index (κ2) is 11.5. The van der Waals surface area contributed by atoms with Gasteiger partial charge in [-0.3, -0.25) is 15.8 Å². The molecule has 8 rings (SSSR count). The molecule has 1 aromatic heterocycles. The van der Waals surface area contributed by atoms with E-state index in [1.807, 2.05) is 30.5 Å². The van der Waals surface area contributed by atoms with Crippen LogP contribution in [0.2, 0.25) is 0 Å². The maximum Gasteiger partial charge on any atom is 0.108 e. The summed E-state index contributed by atoms with van der Waals surface area (Å²) in [7, 11) is 0. The molecule has 2 unspecified atom stereocenters. The summed E-state index contributed by atoms with van der Waals surface area (Å²) in [4.78, 5) is 7.13. The predicted octanol–water partition coefficient (Wildman–Crippen LogP) is 8.76. The summed E-state index contributed by atoms with van der Waals surface area (Å²) in [5.74, 6) is 0.293. The van der Waals surface area contributed by atoms with Crippen LogP contribution in [0.15, 0.2) is 161 Å². The van der Waals surface area contributed by atoms with Crippen LogP contribution < -0.4 is 10.3 Å². The molecule has 0 saturated heterocycles. The molecule has 5 aliphatic rings. The molecule has 2 atom stereocenters. The van der Waals surface area contributed by atoms with Crippen LogP contribution in [-0.2, 0) is 6.42 Å². The second-order valence-electron chi connectivity index (χ2n) is 11.8. The topological polar surface area (TPSA) is 64.4 Å². The number of aromatic nitrogens is 1. The molecule has 3 aromatic rings. The van der Waals surface area contributed by atoms with E-state index in [4.69, 9.17) is 5.41 Å². The van der Waals surface area contributed by atoms with Crippen molar-refractivity contribution in [2.24, 2.45) is 11.0 Å². The Bertz CT molecular complexity index is 1960. The summed E-state index contributed by atoms with van der Waals surface area (Å²) in [6.45, 7) is 0. The average Bonchev–Trinajstić information content (AvgIpc) is 3.21. The van der Waals surface area contributed by atoms with Gasteiger partial charge in [-0.15, -0.1) is 0 Å². The minimum absolute atomic E-state index is 0.186. The molecule has 218 valence electrons. The number of pyridine rings is 1. The first-order chi connectivity index (χ1) is 22.2. The van der Waals surface area contributed by atoms with E-state index in [1.165, 1.54) is 22.5 Å². The fourth-order valence-electron chi connectivity index (χ4n) is 6.79. The fourth-order valence-corrected chi connectivity index (χ4v) is 6.79. The quantitative estimate of drug-likeness (QED) is 0.233. The number of hydrogen-bond donors (Lipinski definition) is 2. The summed E-state index contributed by atoms with van der Waals surface area (Å²) in [6, 6.07) is 21.3. The molecule has 0 amide bonds. The Balaban J connectivity index is 0.982. The Hall–Kier alpha value is -5.55. The van der Waals surface area contributed by atoms with Gasteiger partial charge in [0.25, 0.3) is 0 Å². The van der Waals surface area contributed by atoms with Crippen molar-refractivity contribution in [3.8, 4) is 11.1 Å². The van der Waals surface area contributed by atoms with Crippen LogP contribution in [0, 0.1) is 11.3 Å². The van der Waals surface area contributed by atoms with Gasteiger partial charge in [0.2, 0.25) is 0 Å². The van der Waals surface area contributed by atoms with E-state index in [9.17, 15) is 0 Å². The molecule has 5 heteroatoms. The van der Waals surface area contributed by atoms with Crippen molar-refractivity contribution in [3.05, 3.63) is 167 Å². The van der Waals surface area contributed by atoms with Crippen molar-refractivity contribution >= 4 is 28.9 Å². The third-order valence-electron chi connectivity index (χ3n) is 9.06. The van der Waals surface area contributed by atoms with Gasteiger partial charge in [-0.25, -0.2) is 0 Å². The lowest BCUT2D eigenvalue weighted by atomic mass is 9.84. The van der Waals surface area contributed by atoms with E-state index < -0.39 is 0 Å². The van der Waals surface area contributed by atoms with Gasteiger partial charge in [0.15, 0.2) is 0 Å². The minimum Gasteiger partial charge on any atom is -0.337 e. The molecule has 4 aliphatic carbocycles. The summed E-state index contributed by atoms with van der Waals surface area (Å²) in [5, 5.41) is 13.3. The number of para-hydroxylation sites is 1. The highest BCUT2D eigenvalue weighted by Crippen LogP contribution is 2.45. The Kier molecular flexibility index (Phi) is 6.91. The first-order valence-electron chi connectivity index (χ1n) is 15.6. The first kappa shape index (κ1) is 27.0. The molecule has 45 heavy (non-hydrogen) atoms. The third kappa shape index (κ3) is 5.17. The Morgan fingerprint density at radius 2 is 1.76 bits per heavy atom. The summed E-state index contributed by atoms with van der Waals surface area (Å²) in [5.41, 5.74) is 15.7. The van der Waals surface area contributed by atoms with Gasteiger partial charge >= 0.3 is 0 Å². The number of benzene rings is 2. The monoisotopic (exact) mass is 583 g/mol. The van der Waals surface area contributed by atoms with Crippen LogP contribution in [0.4, 0.5) is 11.4 Å². The number of anilines is 2. The fraction of sp³-hybridized carbons (Fsp3) is 0.125. The molecular formula is C40H33N5. The molecule has 0 bridgehead atoms.